The van der Waals surface area contributed by atoms with Gasteiger partial charge in [-0.1, -0.05) is 17.7 Å². The molecule has 0 aliphatic carbocycles. The highest BCUT2D eigenvalue weighted by molar-refractivity contribution is 6.33. The Balaban J connectivity index is 2.53. The molecule has 0 aliphatic rings. The average Bonchev–Trinajstić information content (AvgIpc) is 2.30. The second-order valence-electron chi connectivity index (χ2n) is 3.48. The first-order chi connectivity index (χ1) is 7.72. The fourth-order valence-corrected chi connectivity index (χ4v) is 1.88. The van der Waals surface area contributed by atoms with Crippen molar-refractivity contribution in [3.8, 4) is 16.9 Å². The van der Waals surface area contributed by atoms with E-state index in [1.807, 2.05) is 37.3 Å². The third kappa shape index (κ3) is 2.02. The van der Waals surface area contributed by atoms with E-state index in [0.29, 0.717) is 5.02 Å². The Morgan fingerprint density at radius 1 is 1.19 bits per heavy atom. The number of benzene rings is 1. The lowest BCUT2D eigenvalue weighted by molar-refractivity contribution is 0.415. The second kappa shape index (κ2) is 4.54. The van der Waals surface area contributed by atoms with Crippen molar-refractivity contribution >= 4 is 11.6 Å². The SMILES string of the molecule is COc1ccc(-c2cccnc2C)c(Cl)c1. The number of rotatable bonds is 2. The van der Waals surface area contributed by atoms with Crippen LogP contribution in [0.3, 0.4) is 0 Å². The fourth-order valence-electron chi connectivity index (χ4n) is 1.61. The smallest absolute Gasteiger partial charge is 0.120 e. The van der Waals surface area contributed by atoms with Crippen molar-refractivity contribution in [1.29, 1.82) is 0 Å². The Labute approximate surface area is 99.9 Å². The lowest BCUT2D eigenvalue weighted by atomic mass is 10.0. The van der Waals surface area contributed by atoms with Gasteiger partial charge in [-0.05, 0) is 31.2 Å². The molecule has 0 saturated carbocycles. The topological polar surface area (TPSA) is 22.1 Å². The van der Waals surface area contributed by atoms with E-state index in [9.17, 15) is 0 Å². The number of hydrogen-bond donors (Lipinski definition) is 0. The van der Waals surface area contributed by atoms with Gasteiger partial charge in [0.2, 0.25) is 0 Å². The molecule has 0 amide bonds. The standard InChI is InChI=1S/C13H12ClNO/c1-9-11(4-3-7-15-9)12-6-5-10(16-2)8-13(12)14/h3-8H,1-2H3. The third-order valence-electron chi connectivity index (χ3n) is 2.47. The molecule has 16 heavy (non-hydrogen) atoms. The Morgan fingerprint density at radius 3 is 2.62 bits per heavy atom. The van der Waals surface area contributed by atoms with Gasteiger partial charge >= 0.3 is 0 Å². The van der Waals surface area contributed by atoms with E-state index in [4.69, 9.17) is 16.3 Å². The average molecular weight is 234 g/mol. The zero-order valence-electron chi connectivity index (χ0n) is 9.20. The van der Waals surface area contributed by atoms with Crippen LogP contribution in [-0.2, 0) is 0 Å². The van der Waals surface area contributed by atoms with Gasteiger partial charge in [-0.15, -0.1) is 0 Å². The molecule has 0 N–H and O–H groups in total. The molecule has 2 nitrogen and oxygen atoms in total. The number of aromatic nitrogens is 1. The number of aryl methyl sites for hydroxylation is 1. The van der Waals surface area contributed by atoms with E-state index in [1.165, 1.54) is 0 Å². The first-order valence-electron chi connectivity index (χ1n) is 4.98. The van der Waals surface area contributed by atoms with E-state index >= 15 is 0 Å². The first kappa shape index (κ1) is 11.0. The van der Waals surface area contributed by atoms with Crippen LogP contribution in [0.1, 0.15) is 5.69 Å². The third-order valence-corrected chi connectivity index (χ3v) is 2.79. The Bertz CT molecular complexity index is 511. The van der Waals surface area contributed by atoms with Crippen LogP contribution in [0, 0.1) is 6.92 Å². The zero-order valence-corrected chi connectivity index (χ0v) is 9.95. The van der Waals surface area contributed by atoms with E-state index in [0.717, 1.165) is 22.6 Å². The number of hydrogen-bond acceptors (Lipinski definition) is 2. The molecule has 0 aliphatic heterocycles. The van der Waals surface area contributed by atoms with Crippen LogP contribution in [-0.4, -0.2) is 12.1 Å². The summed E-state index contributed by atoms with van der Waals surface area (Å²) in [6.45, 7) is 1.97. The van der Waals surface area contributed by atoms with Gasteiger partial charge in [0.05, 0.1) is 12.1 Å². The second-order valence-corrected chi connectivity index (χ2v) is 3.89. The van der Waals surface area contributed by atoms with Crippen LogP contribution in [0.15, 0.2) is 36.5 Å². The number of halogens is 1. The molecule has 0 saturated heterocycles. The van der Waals surface area contributed by atoms with E-state index in [-0.39, 0.29) is 0 Å². The molecule has 0 bridgehead atoms. The summed E-state index contributed by atoms with van der Waals surface area (Å²) in [5.74, 6) is 0.760. The highest BCUT2D eigenvalue weighted by Crippen LogP contribution is 2.32. The van der Waals surface area contributed by atoms with Crippen LogP contribution in [0.25, 0.3) is 11.1 Å². The minimum Gasteiger partial charge on any atom is -0.497 e. The van der Waals surface area contributed by atoms with Crippen molar-refractivity contribution < 1.29 is 4.74 Å². The summed E-state index contributed by atoms with van der Waals surface area (Å²) >= 11 is 6.21. The van der Waals surface area contributed by atoms with Crippen LogP contribution in [0.5, 0.6) is 5.75 Å². The van der Waals surface area contributed by atoms with Gasteiger partial charge in [0.15, 0.2) is 0 Å². The van der Waals surface area contributed by atoms with Crippen LogP contribution in [0.2, 0.25) is 5.02 Å². The molecule has 0 unspecified atom stereocenters. The molecule has 0 atom stereocenters. The van der Waals surface area contributed by atoms with Crippen LogP contribution < -0.4 is 4.74 Å². The van der Waals surface area contributed by atoms with Crippen LogP contribution >= 0.6 is 11.6 Å². The van der Waals surface area contributed by atoms with Gasteiger partial charge in [0.1, 0.15) is 5.75 Å². The molecule has 82 valence electrons. The zero-order chi connectivity index (χ0) is 11.5. The van der Waals surface area contributed by atoms with Crippen molar-refractivity contribution in [2.24, 2.45) is 0 Å². The summed E-state index contributed by atoms with van der Waals surface area (Å²) in [6.07, 6.45) is 1.77. The monoisotopic (exact) mass is 233 g/mol. The maximum absolute atomic E-state index is 6.21. The van der Waals surface area contributed by atoms with E-state index in [2.05, 4.69) is 4.98 Å². The van der Waals surface area contributed by atoms with Gasteiger partial charge in [-0.25, -0.2) is 0 Å². The minimum absolute atomic E-state index is 0.676. The summed E-state index contributed by atoms with van der Waals surface area (Å²) in [4.78, 5) is 4.25. The van der Waals surface area contributed by atoms with Gasteiger partial charge < -0.3 is 4.74 Å². The maximum atomic E-state index is 6.21. The lowest BCUT2D eigenvalue weighted by Crippen LogP contribution is -1.88. The van der Waals surface area contributed by atoms with Crippen molar-refractivity contribution in [3.05, 3.63) is 47.2 Å². The van der Waals surface area contributed by atoms with Crippen molar-refractivity contribution in [3.63, 3.8) is 0 Å². The Morgan fingerprint density at radius 2 is 2.00 bits per heavy atom. The quantitative estimate of drug-likeness (QED) is 0.789. The molecule has 3 heteroatoms. The van der Waals surface area contributed by atoms with Crippen molar-refractivity contribution in [2.75, 3.05) is 7.11 Å². The van der Waals surface area contributed by atoms with Gasteiger partial charge in [0, 0.05) is 23.0 Å². The summed E-state index contributed by atoms with van der Waals surface area (Å²) in [7, 11) is 1.63. The molecule has 1 heterocycles. The van der Waals surface area contributed by atoms with Crippen molar-refractivity contribution in [1.82, 2.24) is 4.98 Å². The Hall–Kier alpha value is -1.54. The lowest BCUT2D eigenvalue weighted by Gasteiger charge is -2.08. The number of methoxy groups -OCH3 is 1. The molecule has 2 rings (SSSR count). The van der Waals surface area contributed by atoms with E-state index in [1.54, 1.807) is 13.3 Å². The largest absolute Gasteiger partial charge is 0.497 e. The normalized spacial score (nSPS) is 10.2. The highest BCUT2D eigenvalue weighted by atomic mass is 35.5. The highest BCUT2D eigenvalue weighted by Gasteiger charge is 2.07. The predicted molar refractivity (Wildman–Crippen MR) is 66.0 cm³/mol. The number of nitrogens with zero attached hydrogens (tertiary/aromatic N) is 1. The first-order valence-corrected chi connectivity index (χ1v) is 5.35. The fraction of sp³-hybridized carbons (Fsp3) is 0.154. The molecule has 1 aromatic carbocycles. The Kier molecular flexibility index (Phi) is 3.11. The summed E-state index contributed by atoms with van der Waals surface area (Å²) in [6, 6.07) is 9.57. The van der Waals surface area contributed by atoms with E-state index < -0.39 is 0 Å². The molecule has 0 radical (unpaired) electrons. The maximum Gasteiger partial charge on any atom is 0.120 e. The summed E-state index contributed by atoms with van der Waals surface area (Å²) in [5, 5.41) is 0.676. The van der Waals surface area contributed by atoms with Gasteiger partial charge in [0.25, 0.3) is 0 Å². The summed E-state index contributed by atoms with van der Waals surface area (Å²) < 4.78 is 5.12. The van der Waals surface area contributed by atoms with Gasteiger partial charge in [-0.3, -0.25) is 4.98 Å². The van der Waals surface area contributed by atoms with Crippen LogP contribution in [0.4, 0.5) is 0 Å². The molecule has 1 aromatic heterocycles. The molecule has 0 fully saturated rings. The molecule has 0 spiro atoms. The summed E-state index contributed by atoms with van der Waals surface area (Å²) in [5.41, 5.74) is 3.00. The minimum atomic E-state index is 0.676. The molecular formula is C13H12ClNO. The van der Waals surface area contributed by atoms with Crippen molar-refractivity contribution in [2.45, 2.75) is 6.92 Å². The molecular weight excluding hydrogens is 222 g/mol. The number of ether oxygens (including phenoxy) is 1. The van der Waals surface area contributed by atoms with Gasteiger partial charge in [-0.2, -0.15) is 0 Å². The predicted octanol–water partition coefficient (Wildman–Crippen LogP) is 3.72. The number of pyridine rings is 1. The molecule has 2 aromatic rings.